The highest BCUT2D eigenvalue weighted by atomic mass is 35.5. The van der Waals surface area contributed by atoms with E-state index in [2.05, 4.69) is 14.9 Å². The lowest BCUT2D eigenvalue weighted by Crippen LogP contribution is -2.36. The van der Waals surface area contributed by atoms with E-state index in [4.69, 9.17) is 25.8 Å². The number of ether oxygens (including phenoxy) is 3. The van der Waals surface area contributed by atoms with Crippen LogP contribution in [0.3, 0.4) is 0 Å². The van der Waals surface area contributed by atoms with Crippen LogP contribution >= 0.6 is 22.9 Å². The Morgan fingerprint density at radius 1 is 1.27 bits per heavy atom. The standard InChI is InChI=1S/C23H24ClN3O5S/c1-14-18-21(28)25-20(26-22(18)33-19(14)23(29)32-12-11-30-2)17(24)13-15-3-5-16(6-4-15)27-7-9-31-10-8-27/h3-6,13H,7-12H2,1-2H3,(H,25,26,28)/b17-13-. The number of hydrogen-bond acceptors (Lipinski definition) is 8. The third-order valence-corrected chi connectivity index (χ3v) is 6.75. The molecule has 0 bridgehead atoms. The Balaban J connectivity index is 1.58. The molecule has 3 aromatic rings. The summed E-state index contributed by atoms with van der Waals surface area (Å²) in [7, 11) is 1.53. The Hall–Kier alpha value is -2.72. The molecule has 174 valence electrons. The van der Waals surface area contributed by atoms with Gasteiger partial charge in [-0.25, -0.2) is 9.78 Å². The summed E-state index contributed by atoms with van der Waals surface area (Å²) in [6.07, 6.45) is 1.75. The van der Waals surface area contributed by atoms with Gasteiger partial charge in [0, 0.05) is 25.9 Å². The summed E-state index contributed by atoms with van der Waals surface area (Å²) < 4.78 is 15.5. The number of carbonyl (C=O) groups excluding carboxylic acids is 1. The van der Waals surface area contributed by atoms with Crippen LogP contribution in [0.5, 0.6) is 0 Å². The first-order valence-corrected chi connectivity index (χ1v) is 11.7. The van der Waals surface area contributed by atoms with Gasteiger partial charge in [0.05, 0.1) is 30.2 Å². The average molecular weight is 490 g/mol. The van der Waals surface area contributed by atoms with Crippen molar-refractivity contribution in [3.8, 4) is 0 Å². The van der Waals surface area contributed by atoms with E-state index in [1.165, 1.54) is 7.11 Å². The van der Waals surface area contributed by atoms with Crippen molar-refractivity contribution in [3.63, 3.8) is 0 Å². The molecule has 0 radical (unpaired) electrons. The van der Waals surface area contributed by atoms with Crippen LogP contribution in [0.15, 0.2) is 29.1 Å². The molecule has 1 N–H and O–H groups in total. The third-order valence-electron chi connectivity index (χ3n) is 5.30. The highest BCUT2D eigenvalue weighted by Gasteiger charge is 2.21. The topological polar surface area (TPSA) is 93.8 Å². The lowest BCUT2D eigenvalue weighted by Gasteiger charge is -2.28. The molecule has 0 atom stereocenters. The number of carbonyl (C=O) groups is 1. The van der Waals surface area contributed by atoms with Crippen LogP contribution in [0, 0.1) is 6.92 Å². The number of methoxy groups -OCH3 is 1. The minimum atomic E-state index is -0.504. The monoisotopic (exact) mass is 489 g/mol. The van der Waals surface area contributed by atoms with Crippen LogP contribution in [0.1, 0.15) is 26.6 Å². The second kappa shape index (κ2) is 10.5. The quantitative estimate of drug-likeness (QED) is 0.399. The van der Waals surface area contributed by atoms with Crippen molar-refractivity contribution >= 4 is 55.9 Å². The van der Waals surface area contributed by atoms with Crippen LogP contribution in [-0.2, 0) is 14.2 Å². The number of thiophene rings is 1. The number of anilines is 1. The first kappa shape index (κ1) is 23.4. The maximum atomic E-state index is 12.7. The number of nitrogens with one attached hydrogen (secondary N) is 1. The normalized spacial score (nSPS) is 14.6. The van der Waals surface area contributed by atoms with Gasteiger partial charge >= 0.3 is 5.97 Å². The first-order valence-electron chi connectivity index (χ1n) is 10.5. The van der Waals surface area contributed by atoms with Crippen molar-refractivity contribution < 1.29 is 19.0 Å². The number of aromatic nitrogens is 2. The van der Waals surface area contributed by atoms with E-state index >= 15 is 0 Å². The number of halogens is 1. The Morgan fingerprint density at radius 3 is 2.70 bits per heavy atom. The largest absolute Gasteiger partial charge is 0.459 e. The first-order chi connectivity index (χ1) is 16.0. The smallest absolute Gasteiger partial charge is 0.348 e. The van der Waals surface area contributed by atoms with E-state index in [0.29, 0.717) is 32.3 Å². The highest BCUT2D eigenvalue weighted by molar-refractivity contribution is 7.20. The molecule has 0 unspecified atom stereocenters. The van der Waals surface area contributed by atoms with Gasteiger partial charge in [0.2, 0.25) is 0 Å². The van der Waals surface area contributed by atoms with E-state index in [1.54, 1.807) is 13.0 Å². The summed E-state index contributed by atoms with van der Waals surface area (Å²) in [6, 6.07) is 8.00. The summed E-state index contributed by atoms with van der Waals surface area (Å²) in [5.74, 6) is -0.262. The number of esters is 1. The molecule has 0 aliphatic carbocycles. The molecule has 1 fully saturated rings. The Bertz CT molecular complexity index is 1230. The molecular weight excluding hydrogens is 466 g/mol. The van der Waals surface area contributed by atoms with Crippen LogP contribution in [0.4, 0.5) is 5.69 Å². The van der Waals surface area contributed by atoms with E-state index in [1.807, 2.05) is 24.3 Å². The Kier molecular flexibility index (Phi) is 7.44. The molecule has 8 nitrogen and oxygen atoms in total. The van der Waals surface area contributed by atoms with Crippen LogP contribution < -0.4 is 10.5 Å². The molecule has 0 amide bonds. The van der Waals surface area contributed by atoms with Gasteiger partial charge in [0.25, 0.3) is 5.56 Å². The second-order valence-corrected chi connectivity index (χ2v) is 8.87. The summed E-state index contributed by atoms with van der Waals surface area (Å²) in [6.45, 7) is 5.32. The molecule has 3 heterocycles. The molecule has 1 aromatic carbocycles. The fraction of sp³-hybridized carbons (Fsp3) is 0.348. The minimum absolute atomic E-state index is 0.136. The number of aryl methyl sites for hydroxylation is 1. The highest BCUT2D eigenvalue weighted by Crippen LogP contribution is 2.29. The van der Waals surface area contributed by atoms with Gasteiger partial charge < -0.3 is 24.1 Å². The fourth-order valence-electron chi connectivity index (χ4n) is 3.55. The van der Waals surface area contributed by atoms with Crippen molar-refractivity contribution in [2.45, 2.75) is 6.92 Å². The van der Waals surface area contributed by atoms with Crippen molar-refractivity contribution in [3.05, 3.63) is 56.4 Å². The molecule has 1 aliphatic heterocycles. The molecule has 33 heavy (non-hydrogen) atoms. The maximum Gasteiger partial charge on any atom is 0.348 e. The SMILES string of the molecule is COCCOC(=O)c1sc2nc(/C(Cl)=C/c3ccc(N4CCOCC4)cc3)[nH]c(=O)c2c1C. The molecular formula is C23H24ClN3O5S. The van der Waals surface area contributed by atoms with E-state index in [-0.39, 0.29) is 18.0 Å². The summed E-state index contributed by atoms with van der Waals surface area (Å²) in [5.41, 5.74) is 2.19. The number of hydrogen-bond donors (Lipinski definition) is 1. The lowest BCUT2D eigenvalue weighted by atomic mass is 10.1. The van der Waals surface area contributed by atoms with Crippen molar-refractivity contribution in [2.75, 3.05) is 51.5 Å². The van der Waals surface area contributed by atoms with E-state index < -0.39 is 5.97 Å². The number of rotatable bonds is 7. The van der Waals surface area contributed by atoms with Gasteiger partial charge in [-0.2, -0.15) is 0 Å². The predicted molar refractivity (Wildman–Crippen MR) is 130 cm³/mol. The lowest BCUT2D eigenvalue weighted by molar-refractivity contribution is 0.0393. The van der Waals surface area contributed by atoms with E-state index in [0.717, 1.165) is 48.9 Å². The van der Waals surface area contributed by atoms with Crippen LogP contribution in [0.2, 0.25) is 0 Å². The molecule has 0 saturated carbocycles. The van der Waals surface area contributed by atoms with Gasteiger partial charge in [-0.15, -0.1) is 11.3 Å². The van der Waals surface area contributed by atoms with Gasteiger partial charge in [0.1, 0.15) is 16.3 Å². The summed E-state index contributed by atoms with van der Waals surface area (Å²) in [5, 5.41) is 0.658. The molecule has 2 aromatic heterocycles. The van der Waals surface area contributed by atoms with Crippen LogP contribution in [0.25, 0.3) is 21.3 Å². The van der Waals surface area contributed by atoms with E-state index in [9.17, 15) is 9.59 Å². The second-order valence-electron chi connectivity index (χ2n) is 7.46. The number of H-pyrrole nitrogens is 1. The predicted octanol–water partition coefficient (Wildman–Crippen LogP) is 3.67. The number of morpholine rings is 1. The van der Waals surface area contributed by atoms with Gasteiger partial charge in [0.15, 0.2) is 5.82 Å². The molecule has 1 saturated heterocycles. The fourth-order valence-corrected chi connectivity index (χ4v) is 4.84. The molecule has 0 spiro atoms. The minimum Gasteiger partial charge on any atom is -0.459 e. The van der Waals surface area contributed by atoms with Crippen molar-refractivity contribution in [1.82, 2.24) is 9.97 Å². The third kappa shape index (κ3) is 5.27. The molecule has 10 heteroatoms. The van der Waals surface area contributed by atoms with Gasteiger partial charge in [-0.1, -0.05) is 23.7 Å². The average Bonchev–Trinajstić information content (AvgIpc) is 3.17. The number of fused-ring (bicyclic) bond motifs is 1. The van der Waals surface area contributed by atoms with Gasteiger partial charge in [-0.3, -0.25) is 4.79 Å². The van der Waals surface area contributed by atoms with Crippen molar-refractivity contribution in [1.29, 1.82) is 0 Å². The zero-order chi connectivity index (χ0) is 23.4. The number of nitrogens with zero attached hydrogens (tertiary/aromatic N) is 2. The summed E-state index contributed by atoms with van der Waals surface area (Å²) >= 11 is 7.61. The Labute approximate surface area is 199 Å². The number of benzene rings is 1. The van der Waals surface area contributed by atoms with Crippen LogP contribution in [-0.4, -0.2) is 62.6 Å². The molecule has 1 aliphatic rings. The maximum absolute atomic E-state index is 12.7. The summed E-state index contributed by atoms with van der Waals surface area (Å²) in [4.78, 5) is 35.4. The zero-order valence-corrected chi connectivity index (χ0v) is 19.9. The van der Waals surface area contributed by atoms with Gasteiger partial charge in [-0.05, 0) is 36.3 Å². The zero-order valence-electron chi connectivity index (χ0n) is 18.4. The number of aromatic amines is 1. The Morgan fingerprint density at radius 2 is 2.00 bits per heavy atom. The molecule has 4 rings (SSSR count). The van der Waals surface area contributed by atoms with Crippen molar-refractivity contribution in [2.24, 2.45) is 0 Å².